The molecule has 0 saturated carbocycles. The number of nitrogens with zero attached hydrogens (tertiary/aromatic N) is 1. The van der Waals surface area contributed by atoms with Crippen LogP contribution in [0.25, 0.3) is 10.4 Å². The Morgan fingerprint density at radius 3 is 2.62 bits per heavy atom. The van der Waals surface area contributed by atoms with Crippen LogP contribution in [0.3, 0.4) is 0 Å². The van der Waals surface area contributed by atoms with Gasteiger partial charge in [-0.25, -0.2) is 4.72 Å². The number of nitrogens with one attached hydrogen (secondary N) is 2. The number of thiophene rings is 1. The number of alkyl halides is 3. The van der Waals surface area contributed by atoms with Crippen LogP contribution in [0.1, 0.15) is 22.5 Å². The van der Waals surface area contributed by atoms with Crippen molar-refractivity contribution in [2.45, 2.75) is 24.4 Å². The van der Waals surface area contributed by atoms with Crippen LogP contribution in [0.2, 0.25) is 0 Å². The maximum atomic E-state index is 12.7. The van der Waals surface area contributed by atoms with Crippen LogP contribution < -0.4 is 10.0 Å². The number of carbonyl (C=O) groups is 1. The molecule has 156 valence electrons. The SMILES string of the molecule is O=C(N[C@H]1CN2CCC1CC2)c1ccc(-c2cccc(N[S+]([O-])C(F)(F)F)c2)s1. The minimum absolute atomic E-state index is 0.102. The lowest BCUT2D eigenvalue weighted by Crippen LogP contribution is -2.57. The van der Waals surface area contributed by atoms with E-state index in [1.54, 1.807) is 24.3 Å². The quantitative estimate of drug-likeness (QED) is 0.690. The number of piperidine rings is 3. The summed E-state index contributed by atoms with van der Waals surface area (Å²) in [6, 6.07) is 9.90. The van der Waals surface area contributed by atoms with Gasteiger partial charge in [0.1, 0.15) is 0 Å². The molecule has 3 aliphatic rings. The molecule has 0 radical (unpaired) electrons. The summed E-state index contributed by atoms with van der Waals surface area (Å²) in [5.41, 5.74) is -4.08. The zero-order valence-electron chi connectivity index (χ0n) is 15.4. The van der Waals surface area contributed by atoms with Gasteiger partial charge in [-0.3, -0.25) is 4.79 Å². The molecule has 1 aromatic heterocycles. The first-order valence-electron chi connectivity index (χ1n) is 9.28. The topological polar surface area (TPSA) is 67.4 Å². The lowest BCUT2D eigenvalue weighted by atomic mass is 9.84. The summed E-state index contributed by atoms with van der Waals surface area (Å²) in [6.45, 7) is 3.09. The van der Waals surface area contributed by atoms with Crippen molar-refractivity contribution >= 4 is 34.3 Å². The third kappa shape index (κ3) is 4.71. The zero-order valence-corrected chi connectivity index (χ0v) is 17.0. The Labute approximate surface area is 173 Å². The number of hydrogen-bond donors (Lipinski definition) is 2. The van der Waals surface area contributed by atoms with Crippen molar-refractivity contribution in [3.8, 4) is 10.4 Å². The average Bonchev–Trinajstić information content (AvgIpc) is 3.19. The van der Waals surface area contributed by atoms with E-state index in [-0.39, 0.29) is 17.6 Å². The highest BCUT2D eigenvalue weighted by Crippen LogP contribution is 2.32. The minimum atomic E-state index is -4.83. The molecule has 2 N–H and O–H groups in total. The van der Waals surface area contributed by atoms with E-state index in [1.165, 1.54) is 23.5 Å². The highest BCUT2D eigenvalue weighted by Gasteiger charge is 2.46. The van der Waals surface area contributed by atoms with Crippen molar-refractivity contribution in [2.75, 3.05) is 24.4 Å². The van der Waals surface area contributed by atoms with Gasteiger partial charge in [0.05, 0.1) is 10.6 Å². The second-order valence-electron chi connectivity index (χ2n) is 7.28. The fourth-order valence-electron chi connectivity index (χ4n) is 3.88. The molecule has 3 saturated heterocycles. The van der Waals surface area contributed by atoms with E-state index in [9.17, 15) is 22.5 Å². The Hall–Kier alpha value is -1.75. The third-order valence-corrected chi connectivity index (χ3v) is 7.34. The van der Waals surface area contributed by atoms with Gasteiger partial charge in [0.15, 0.2) is 11.4 Å². The fraction of sp³-hybridized carbons (Fsp3) is 0.421. The van der Waals surface area contributed by atoms with E-state index in [0.717, 1.165) is 37.4 Å². The molecule has 29 heavy (non-hydrogen) atoms. The Kier molecular flexibility index (Phi) is 5.78. The predicted octanol–water partition coefficient (Wildman–Crippen LogP) is 3.83. The van der Waals surface area contributed by atoms with Gasteiger partial charge in [0, 0.05) is 17.5 Å². The van der Waals surface area contributed by atoms with Gasteiger partial charge in [-0.05, 0) is 61.7 Å². The van der Waals surface area contributed by atoms with E-state index >= 15 is 0 Å². The molecule has 0 aliphatic carbocycles. The molecule has 2 bridgehead atoms. The van der Waals surface area contributed by atoms with Gasteiger partial charge in [0.2, 0.25) is 0 Å². The van der Waals surface area contributed by atoms with Crippen LogP contribution in [-0.2, 0) is 11.4 Å². The van der Waals surface area contributed by atoms with Crippen molar-refractivity contribution in [1.82, 2.24) is 10.2 Å². The van der Waals surface area contributed by atoms with Crippen LogP contribution in [0, 0.1) is 5.92 Å². The Morgan fingerprint density at radius 2 is 1.97 bits per heavy atom. The lowest BCUT2D eigenvalue weighted by molar-refractivity contribution is -0.0428. The molecule has 2 aromatic rings. The molecule has 1 amide bonds. The molecule has 5 rings (SSSR count). The second kappa shape index (κ2) is 8.17. The maximum Gasteiger partial charge on any atom is 0.598 e. The molecule has 0 spiro atoms. The summed E-state index contributed by atoms with van der Waals surface area (Å²) < 4.78 is 50.7. The standard InChI is InChI=1S/C19H20F3N3O2S2/c20-19(21,22)29(27)24-14-3-1-2-13(10-14)16-4-5-17(28-16)18(26)23-15-11-25-8-6-12(15)7-9-25/h1-5,10,12,15,24H,6-9,11H2,(H,23,26)/t15-,29?/m0/s1. The molecule has 3 aliphatic heterocycles. The number of carbonyl (C=O) groups excluding carboxylic acids is 1. The number of anilines is 1. The first-order valence-corrected chi connectivity index (χ1v) is 11.2. The van der Waals surface area contributed by atoms with Crippen LogP contribution in [0.5, 0.6) is 0 Å². The number of benzene rings is 1. The number of amides is 1. The highest BCUT2D eigenvalue weighted by molar-refractivity contribution is 7.93. The van der Waals surface area contributed by atoms with Gasteiger partial charge in [-0.1, -0.05) is 12.1 Å². The normalized spacial score (nSPS) is 24.9. The van der Waals surface area contributed by atoms with E-state index in [4.69, 9.17) is 0 Å². The van der Waals surface area contributed by atoms with Crippen molar-refractivity contribution in [1.29, 1.82) is 0 Å². The minimum Gasteiger partial charge on any atom is -0.586 e. The molecule has 2 atom stereocenters. The summed E-state index contributed by atoms with van der Waals surface area (Å²) in [5.74, 6) is 0.410. The largest absolute Gasteiger partial charge is 0.598 e. The molecule has 1 unspecified atom stereocenters. The predicted molar refractivity (Wildman–Crippen MR) is 108 cm³/mol. The molecular formula is C19H20F3N3O2S2. The summed E-state index contributed by atoms with van der Waals surface area (Å²) >= 11 is -1.89. The number of rotatable bonds is 5. The summed E-state index contributed by atoms with van der Waals surface area (Å²) in [4.78, 5) is 16.3. The van der Waals surface area contributed by atoms with Crippen molar-refractivity contribution in [3.05, 3.63) is 41.3 Å². The van der Waals surface area contributed by atoms with Gasteiger partial charge >= 0.3 is 5.51 Å². The van der Waals surface area contributed by atoms with E-state index < -0.39 is 16.9 Å². The number of hydrogen-bond acceptors (Lipinski definition) is 5. The second-order valence-corrected chi connectivity index (χ2v) is 9.57. The molecule has 5 nitrogen and oxygen atoms in total. The van der Waals surface area contributed by atoms with Gasteiger partial charge in [-0.2, -0.15) is 0 Å². The average molecular weight is 444 g/mol. The summed E-state index contributed by atoms with van der Waals surface area (Å²) in [6.07, 6.45) is 2.22. The molecule has 10 heteroatoms. The van der Waals surface area contributed by atoms with Gasteiger partial charge in [-0.15, -0.1) is 24.5 Å². The van der Waals surface area contributed by atoms with Gasteiger partial charge < -0.3 is 14.8 Å². The fourth-order valence-corrected chi connectivity index (χ4v) is 5.25. The Bertz CT molecular complexity index is 882. The van der Waals surface area contributed by atoms with Crippen molar-refractivity contribution in [3.63, 3.8) is 0 Å². The van der Waals surface area contributed by atoms with Crippen LogP contribution >= 0.6 is 11.3 Å². The summed E-state index contributed by atoms with van der Waals surface area (Å²) in [5, 5.41) is 3.14. The first-order chi connectivity index (χ1) is 13.8. The van der Waals surface area contributed by atoms with Crippen molar-refractivity contribution < 1.29 is 22.5 Å². The lowest BCUT2D eigenvalue weighted by Gasteiger charge is -2.44. The monoisotopic (exact) mass is 443 g/mol. The number of fused-ring (bicyclic) bond motifs is 3. The summed E-state index contributed by atoms with van der Waals surface area (Å²) in [7, 11) is 0. The third-order valence-electron chi connectivity index (χ3n) is 5.37. The van der Waals surface area contributed by atoms with Crippen molar-refractivity contribution in [2.24, 2.45) is 5.92 Å². The van der Waals surface area contributed by atoms with E-state index in [0.29, 0.717) is 16.4 Å². The molecule has 3 fully saturated rings. The molecular weight excluding hydrogens is 423 g/mol. The van der Waals surface area contributed by atoms with Crippen LogP contribution in [0.4, 0.5) is 18.9 Å². The first kappa shape index (κ1) is 20.5. The molecule has 4 heterocycles. The maximum absolute atomic E-state index is 12.7. The Morgan fingerprint density at radius 1 is 1.21 bits per heavy atom. The van der Waals surface area contributed by atoms with Crippen LogP contribution in [-0.4, -0.2) is 46.5 Å². The smallest absolute Gasteiger partial charge is 0.586 e. The van der Waals surface area contributed by atoms with Gasteiger partial charge in [0.25, 0.3) is 5.91 Å². The molecule has 1 aromatic carbocycles. The van der Waals surface area contributed by atoms with E-state index in [1.807, 2.05) is 4.72 Å². The van der Waals surface area contributed by atoms with E-state index in [2.05, 4.69) is 10.2 Å². The number of halogens is 3. The highest BCUT2D eigenvalue weighted by atomic mass is 32.2. The van der Waals surface area contributed by atoms with Crippen LogP contribution in [0.15, 0.2) is 36.4 Å². The Balaban J connectivity index is 1.43. The zero-order chi connectivity index (χ0) is 20.6.